The van der Waals surface area contributed by atoms with Crippen molar-refractivity contribution in [2.24, 2.45) is 0 Å². The van der Waals surface area contributed by atoms with Gasteiger partial charge in [-0.2, -0.15) is 8.78 Å². The number of para-hydroxylation sites is 1. The van der Waals surface area contributed by atoms with Crippen LogP contribution in [0.4, 0.5) is 8.78 Å². The number of nitrogens with zero attached hydrogens (tertiary/aromatic N) is 2. The van der Waals surface area contributed by atoms with Crippen LogP contribution in [0, 0.1) is 0 Å². The fraction of sp³-hybridized carbons (Fsp3) is 0.357. The van der Waals surface area contributed by atoms with Crippen LogP contribution in [0.25, 0.3) is 0 Å². The summed E-state index contributed by atoms with van der Waals surface area (Å²) in [5.74, 6) is 0.531. The predicted molar refractivity (Wildman–Crippen MR) is 127 cm³/mol. The van der Waals surface area contributed by atoms with Crippen molar-refractivity contribution >= 4 is 0 Å². The molecule has 2 heterocycles. The second-order valence-corrected chi connectivity index (χ2v) is 9.08. The summed E-state index contributed by atoms with van der Waals surface area (Å²) in [5.41, 5.74) is 3.46. The zero-order valence-corrected chi connectivity index (χ0v) is 18.7. The Morgan fingerprint density at radius 3 is 2.12 bits per heavy atom. The molecule has 0 bridgehead atoms. The molecule has 0 amide bonds. The smallest absolute Gasteiger partial charge is 0.387 e. The van der Waals surface area contributed by atoms with Crippen LogP contribution in [-0.2, 0) is 6.54 Å². The third-order valence-corrected chi connectivity index (χ3v) is 7.05. The van der Waals surface area contributed by atoms with Gasteiger partial charge in [0, 0.05) is 43.2 Å². The Hall–Kier alpha value is -2.76. The van der Waals surface area contributed by atoms with Crippen molar-refractivity contribution in [1.29, 1.82) is 0 Å². The SMILES string of the molecule is FC(F)Oc1ccccc1CN1CC2CCCN2C(C(c2ccccc2)c2ccccc2)C1. The van der Waals surface area contributed by atoms with Crippen molar-refractivity contribution in [3.8, 4) is 5.75 Å². The Balaban J connectivity index is 1.46. The van der Waals surface area contributed by atoms with E-state index >= 15 is 0 Å². The summed E-state index contributed by atoms with van der Waals surface area (Å²) in [6, 6.07) is 29.5. The molecule has 2 atom stereocenters. The Labute approximate surface area is 194 Å². The van der Waals surface area contributed by atoms with Crippen LogP contribution in [0.2, 0.25) is 0 Å². The highest BCUT2D eigenvalue weighted by Crippen LogP contribution is 2.38. The summed E-state index contributed by atoms with van der Waals surface area (Å²) in [6.07, 6.45) is 2.38. The van der Waals surface area contributed by atoms with Gasteiger partial charge in [0.1, 0.15) is 5.75 Å². The summed E-state index contributed by atoms with van der Waals surface area (Å²) in [7, 11) is 0. The highest BCUT2D eigenvalue weighted by Gasteiger charge is 2.41. The second kappa shape index (κ2) is 10.0. The van der Waals surface area contributed by atoms with Gasteiger partial charge in [-0.3, -0.25) is 9.80 Å². The van der Waals surface area contributed by atoms with Crippen LogP contribution in [0.15, 0.2) is 84.9 Å². The van der Waals surface area contributed by atoms with Gasteiger partial charge >= 0.3 is 6.61 Å². The molecule has 2 unspecified atom stereocenters. The van der Waals surface area contributed by atoms with Gasteiger partial charge < -0.3 is 4.74 Å². The zero-order chi connectivity index (χ0) is 22.6. The van der Waals surface area contributed by atoms with Gasteiger partial charge in [0.25, 0.3) is 0 Å². The molecule has 2 fully saturated rings. The third kappa shape index (κ3) is 4.94. The highest BCUT2D eigenvalue weighted by molar-refractivity contribution is 5.36. The molecular formula is C28H30F2N2O. The first-order chi connectivity index (χ1) is 16.2. The van der Waals surface area contributed by atoms with Crippen molar-refractivity contribution in [3.63, 3.8) is 0 Å². The predicted octanol–water partition coefficient (Wildman–Crippen LogP) is 5.77. The van der Waals surface area contributed by atoms with E-state index in [-0.39, 0.29) is 11.7 Å². The molecule has 0 radical (unpaired) electrons. The van der Waals surface area contributed by atoms with Crippen molar-refractivity contribution in [2.45, 2.75) is 44.0 Å². The molecule has 0 aliphatic carbocycles. The maximum absolute atomic E-state index is 13.0. The number of benzene rings is 3. The van der Waals surface area contributed by atoms with Crippen molar-refractivity contribution < 1.29 is 13.5 Å². The molecule has 3 aromatic carbocycles. The summed E-state index contributed by atoms with van der Waals surface area (Å²) >= 11 is 0. The minimum atomic E-state index is -2.81. The molecule has 5 rings (SSSR count). The quantitative estimate of drug-likeness (QED) is 0.456. The number of fused-ring (bicyclic) bond motifs is 1. The van der Waals surface area contributed by atoms with Gasteiger partial charge in [0.05, 0.1) is 0 Å². The lowest BCUT2D eigenvalue weighted by atomic mass is 9.82. The maximum Gasteiger partial charge on any atom is 0.387 e. The van der Waals surface area contributed by atoms with Gasteiger partial charge in [-0.25, -0.2) is 0 Å². The lowest BCUT2D eigenvalue weighted by Gasteiger charge is -2.47. The Bertz CT molecular complexity index is 991. The number of piperazine rings is 1. The molecule has 0 aromatic heterocycles. The molecule has 3 aromatic rings. The third-order valence-electron chi connectivity index (χ3n) is 7.05. The van der Waals surface area contributed by atoms with Crippen LogP contribution in [0.1, 0.15) is 35.4 Å². The largest absolute Gasteiger partial charge is 0.434 e. The van der Waals surface area contributed by atoms with E-state index in [1.165, 1.54) is 24.0 Å². The van der Waals surface area contributed by atoms with Gasteiger partial charge in [0.15, 0.2) is 0 Å². The number of hydrogen-bond acceptors (Lipinski definition) is 3. The van der Waals surface area contributed by atoms with Crippen molar-refractivity contribution in [3.05, 3.63) is 102 Å². The van der Waals surface area contributed by atoms with E-state index in [1.807, 2.05) is 12.1 Å². The van der Waals surface area contributed by atoms with Gasteiger partial charge in [-0.05, 0) is 36.6 Å². The fourth-order valence-corrected chi connectivity index (χ4v) is 5.70. The average Bonchev–Trinajstić information content (AvgIpc) is 3.31. The average molecular weight is 449 g/mol. The topological polar surface area (TPSA) is 15.7 Å². The normalized spacial score (nSPS) is 21.5. The molecule has 2 aliphatic heterocycles. The number of rotatable bonds is 7. The molecule has 0 spiro atoms. The van der Waals surface area contributed by atoms with Crippen LogP contribution in [-0.4, -0.2) is 48.1 Å². The Morgan fingerprint density at radius 2 is 1.45 bits per heavy atom. The molecular weight excluding hydrogens is 418 g/mol. The van der Waals surface area contributed by atoms with E-state index in [2.05, 4.69) is 70.5 Å². The molecule has 0 saturated carbocycles. The van der Waals surface area contributed by atoms with Gasteiger partial charge in [0.2, 0.25) is 0 Å². The standard InChI is InChI=1S/C28H30F2N2O/c29-28(30)33-26-16-8-7-14-23(26)18-31-19-24-15-9-17-32(24)25(20-31)27(21-10-3-1-4-11-21)22-12-5-2-6-13-22/h1-8,10-14,16,24-25,27-28H,9,15,17-20H2. The first-order valence-corrected chi connectivity index (χ1v) is 11.8. The maximum atomic E-state index is 13.0. The van der Waals surface area contributed by atoms with Crippen LogP contribution in [0.3, 0.4) is 0 Å². The Morgan fingerprint density at radius 1 is 0.818 bits per heavy atom. The molecule has 33 heavy (non-hydrogen) atoms. The first-order valence-electron chi connectivity index (χ1n) is 11.8. The molecule has 3 nitrogen and oxygen atoms in total. The number of alkyl halides is 2. The van der Waals surface area contributed by atoms with E-state index in [9.17, 15) is 8.78 Å². The Kier molecular flexibility index (Phi) is 6.70. The first kappa shape index (κ1) is 22.1. The number of ether oxygens (including phenoxy) is 1. The monoisotopic (exact) mass is 448 g/mol. The highest BCUT2D eigenvalue weighted by atomic mass is 19.3. The molecule has 2 aliphatic rings. The number of hydrogen-bond donors (Lipinski definition) is 0. The van der Waals surface area contributed by atoms with E-state index in [0.29, 0.717) is 18.6 Å². The second-order valence-electron chi connectivity index (χ2n) is 9.08. The summed E-state index contributed by atoms with van der Waals surface area (Å²) in [6.45, 7) is 0.750. The zero-order valence-electron chi connectivity index (χ0n) is 18.7. The van der Waals surface area contributed by atoms with E-state index in [1.54, 1.807) is 12.1 Å². The lowest BCUT2D eigenvalue weighted by molar-refractivity contribution is -0.0511. The van der Waals surface area contributed by atoms with Crippen LogP contribution < -0.4 is 4.74 Å². The fourth-order valence-electron chi connectivity index (χ4n) is 5.70. The van der Waals surface area contributed by atoms with Gasteiger partial charge in [-0.1, -0.05) is 78.9 Å². The van der Waals surface area contributed by atoms with E-state index < -0.39 is 6.61 Å². The summed E-state index contributed by atoms with van der Waals surface area (Å²) in [4.78, 5) is 5.13. The van der Waals surface area contributed by atoms with E-state index in [0.717, 1.165) is 25.2 Å². The lowest BCUT2D eigenvalue weighted by Crippen LogP contribution is -2.57. The van der Waals surface area contributed by atoms with Crippen molar-refractivity contribution in [1.82, 2.24) is 9.80 Å². The van der Waals surface area contributed by atoms with E-state index in [4.69, 9.17) is 4.74 Å². The minimum Gasteiger partial charge on any atom is -0.434 e. The number of halogens is 2. The molecule has 2 saturated heterocycles. The van der Waals surface area contributed by atoms with Crippen LogP contribution >= 0.6 is 0 Å². The van der Waals surface area contributed by atoms with Crippen molar-refractivity contribution in [2.75, 3.05) is 19.6 Å². The summed E-state index contributed by atoms with van der Waals surface area (Å²) < 4.78 is 30.7. The van der Waals surface area contributed by atoms with Crippen LogP contribution in [0.5, 0.6) is 5.75 Å². The van der Waals surface area contributed by atoms with Gasteiger partial charge in [-0.15, -0.1) is 0 Å². The molecule has 172 valence electrons. The summed E-state index contributed by atoms with van der Waals surface area (Å²) in [5, 5.41) is 0. The minimum absolute atomic E-state index is 0.253. The molecule has 0 N–H and O–H groups in total. The molecule has 5 heteroatoms.